The first-order valence-corrected chi connectivity index (χ1v) is 4.88. The van der Waals surface area contributed by atoms with E-state index in [-0.39, 0.29) is 11.5 Å². The smallest absolute Gasteiger partial charge is 0.257 e. The van der Waals surface area contributed by atoms with Gasteiger partial charge in [-0.05, 0) is 26.0 Å². The van der Waals surface area contributed by atoms with Crippen LogP contribution in [0.2, 0.25) is 0 Å². The van der Waals surface area contributed by atoms with Gasteiger partial charge < -0.3 is 10.0 Å². The van der Waals surface area contributed by atoms with Gasteiger partial charge in [0.25, 0.3) is 5.91 Å². The van der Waals surface area contributed by atoms with E-state index in [1.807, 2.05) is 13.8 Å². The van der Waals surface area contributed by atoms with Gasteiger partial charge in [-0.25, -0.2) is 4.39 Å². The molecule has 0 spiro atoms. The number of hydrogen-bond acceptors (Lipinski definition) is 2. The van der Waals surface area contributed by atoms with Crippen LogP contribution in [0.15, 0.2) is 18.2 Å². The summed E-state index contributed by atoms with van der Waals surface area (Å²) in [4.78, 5) is 13.3. The fourth-order valence-electron chi connectivity index (χ4n) is 1.37. The Labute approximate surface area is 88.1 Å². The Morgan fingerprint density at radius 1 is 1.40 bits per heavy atom. The van der Waals surface area contributed by atoms with Gasteiger partial charge in [-0.2, -0.15) is 0 Å². The van der Waals surface area contributed by atoms with Gasteiger partial charge in [0.1, 0.15) is 0 Å². The highest BCUT2D eigenvalue weighted by Crippen LogP contribution is 2.21. The van der Waals surface area contributed by atoms with Crippen molar-refractivity contribution in [2.45, 2.75) is 13.8 Å². The summed E-state index contributed by atoms with van der Waals surface area (Å²) in [6.45, 7) is 4.73. The van der Waals surface area contributed by atoms with Gasteiger partial charge in [-0.3, -0.25) is 4.79 Å². The molecule has 82 valence electrons. The summed E-state index contributed by atoms with van der Waals surface area (Å²) >= 11 is 0. The number of para-hydroxylation sites is 1. The predicted octanol–water partition coefficient (Wildman–Crippen LogP) is 2.01. The zero-order valence-electron chi connectivity index (χ0n) is 8.83. The third-order valence-electron chi connectivity index (χ3n) is 2.27. The minimum Gasteiger partial charge on any atom is -0.504 e. The van der Waals surface area contributed by atoms with E-state index in [1.165, 1.54) is 17.0 Å². The van der Waals surface area contributed by atoms with Crippen LogP contribution < -0.4 is 0 Å². The van der Waals surface area contributed by atoms with Crippen LogP contribution in [0.3, 0.4) is 0 Å². The van der Waals surface area contributed by atoms with Crippen LogP contribution in [0, 0.1) is 5.82 Å². The molecule has 0 unspecified atom stereocenters. The van der Waals surface area contributed by atoms with E-state index in [0.29, 0.717) is 13.1 Å². The number of benzene rings is 1. The molecule has 1 aromatic carbocycles. The van der Waals surface area contributed by atoms with E-state index in [1.54, 1.807) is 0 Å². The molecule has 0 heterocycles. The van der Waals surface area contributed by atoms with Crippen LogP contribution in [0.4, 0.5) is 4.39 Å². The molecule has 0 aliphatic heterocycles. The first-order chi connectivity index (χ1) is 7.11. The zero-order valence-corrected chi connectivity index (χ0v) is 8.83. The molecular formula is C11H14FNO2. The summed E-state index contributed by atoms with van der Waals surface area (Å²) in [5.74, 6) is -1.69. The molecule has 0 saturated carbocycles. The third kappa shape index (κ3) is 2.26. The van der Waals surface area contributed by atoms with Crippen molar-refractivity contribution >= 4 is 5.91 Å². The Kier molecular flexibility index (Phi) is 3.66. The SMILES string of the molecule is CCN(CC)C(=O)c1cccc(F)c1O. The van der Waals surface area contributed by atoms with E-state index in [0.717, 1.165) is 6.07 Å². The maximum Gasteiger partial charge on any atom is 0.257 e. The molecule has 0 atom stereocenters. The fourth-order valence-corrected chi connectivity index (χ4v) is 1.37. The molecule has 1 aromatic rings. The van der Waals surface area contributed by atoms with Crippen LogP contribution in [0.25, 0.3) is 0 Å². The summed E-state index contributed by atoms with van der Waals surface area (Å²) in [6.07, 6.45) is 0. The second-order valence-electron chi connectivity index (χ2n) is 3.11. The summed E-state index contributed by atoms with van der Waals surface area (Å²) < 4.78 is 13.0. The Hall–Kier alpha value is -1.58. The van der Waals surface area contributed by atoms with Crippen molar-refractivity contribution < 1.29 is 14.3 Å². The van der Waals surface area contributed by atoms with E-state index >= 15 is 0 Å². The quantitative estimate of drug-likeness (QED) is 0.830. The number of amides is 1. The number of rotatable bonds is 3. The molecule has 0 aliphatic rings. The molecule has 4 heteroatoms. The Morgan fingerprint density at radius 3 is 2.53 bits per heavy atom. The molecular weight excluding hydrogens is 197 g/mol. The highest BCUT2D eigenvalue weighted by Gasteiger charge is 2.18. The van der Waals surface area contributed by atoms with Gasteiger partial charge >= 0.3 is 0 Å². The number of nitrogens with zero attached hydrogens (tertiary/aromatic N) is 1. The molecule has 15 heavy (non-hydrogen) atoms. The number of hydrogen-bond donors (Lipinski definition) is 1. The van der Waals surface area contributed by atoms with Gasteiger partial charge in [-0.15, -0.1) is 0 Å². The van der Waals surface area contributed by atoms with Crippen LogP contribution in [-0.2, 0) is 0 Å². The molecule has 3 nitrogen and oxygen atoms in total. The van der Waals surface area contributed by atoms with Crippen LogP contribution >= 0.6 is 0 Å². The van der Waals surface area contributed by atoms with Crippen LogP contribution in [0.1, 0.15) is 24.2 Å². The zero-order chi connectivity index (χ0) is 11.4. The second-order valence-corrected chi connectivity index (χ2v) is 3.11. The monoisotopic (exact) mass is 211 g/mol. The number of phenolic OH excluding ortho intramolecular Hbond substituents is 1. The number of phenols is 1. The molecule has 1 rings (SSSR count). The first-order valence-electron chi connectivity index (χ1n) is 4.88. The van der Waals surface area contributed by atoms with Gasteiger partial charge in [0.05, 0.1) is 5.56 Å². The molecule has 0 radical (unpaired) electrons. The molecule has 1 amide bonds. The Balaban J connectivity index is 3.05. The van der Waals surface area contributed by atoms with E-state index in [9.17, 15) is 14.3 Å². The normalized spacial score (nSPS) is 10.1. The lowest BCUT2D eigenvalue weighted by Crippen LogP contribution is -2.30. The standard InChI is InChI=1S/C11H14FNO2/c1-3-13(4-2)11(15)8-6-5-7-9(12)10(8)14/h5-7,14H,3-4H2,1-2H3. The summed E-state index contributed by atoms with van der Waals surface area (Å²) in [6, 6.07) is 3.94. The van der Waals surface area contributed by atoms with Gasteiger partial charge in [-0.1, -0.05) is 6.07 Å². The second kappa shape index (κ2) is 4.77. The summed E-state index contributed by atoms with van der Waals surface area (Å²) in [5, 5.41) is 9.39. The van der Waals surface area contributed by atoms with E-state index in [4.69, 9.17) is 0 Å². The van der Waals surface area contributed by atoms with Gasteiger partial charge in [0.2, 0.25) is 0 Å². The number of aromatic hydroxyl groups is 1. The van der Waals surface area contributed by atoms with Crippen molar-refractivity contribution in [1.29, 1.82) is 0 Å². The van der Waals surface area contributed by atoms with Crippen molar-refractivity contribution in [3.05, 3.63) is 29.6 Å². The predicted molar refractivity (Wildman–Crippen MR) is 55.3 cm³/mol. The van der Waals surface area contributed by atoms with Crippen molar-refractivity contribution in [3.63, 3.8) is 0 Å². The summed E-state index contributed by atoms with van der Waals surface area (Å²) in [7, 11) is 0. The maximum absolute atomic E-state index is 13.0. The Bertz CT molecular complexity index is 362. The lowest BCUT2D eigenvalue weighted by atomic mass is 10.1. The van der Waals surface area contributed by atoms with Crippen molar-refractivity contribution in [2.75, 3.05) is 13.1 Å². The van der Waals surface area contributed by atoms with Gasteiger partial charge in [0, 0.05) is 13.1 Å². The summed E-state index contributed by atoms with van der Waals surface area (Å²) in [5.41, 5.74) is 0.0127. The molecule has 0 fully saturated rings. The van der Waals surface area contributed by atoms with Gasteiger partial charge in [0.15, 0.2) is 11.6 Å². The highest BCUT2D eigenvalue weighted by atomic mass is 19.1. The molecule has 0 bridgehead atoms. The molecule has 0 saturated heterocycles. The van der Waals surface area contributed by atoms with Crippen molar-refractivity contribution in [1.82, 2.24) is 4.90 Å². The largest absolute Gasteiger partial charge is 0.504 e. The fraction of sp³-hybridized carbons (Fsp3) is 0.364. The third-order valence-corrected chi connectivity index (χ3v) is 2.27. The molecule has 0 aliphatic carbocycles. The van der Waals surface area contributed by atoms with Crippen LogP contribution in [-0.4, -0.2) is 29.0 Å². The van der Waals surface area contributed by atoms with Crippen molar-refractivity contribution in [2.24, 2.45) is 0 Å². The van der Waals surface area contributed by atoms with E-state index in [2.05, 4.69) is 0 Å². The molecule has 0 aromatic heterocycles. The lowest BCUT2D eigenvalue weighted by molar-refractivity contribution is 0.0769. The highest BCUT2D eigenvalue weighted by molar-refractivity contribution is 5.96. The minimum atomic E-state index is -0.770. The number of halogens is 1. The average Bonchev–Trinajstić information content (AvgIpc) is 2.23. The maximum atomic E-state index is 13.0. The van der Waals surface area contributed by atoms with E-state index < -0.39 is 11.6 Å². The van der Waals surface area contributed by atoms with Crippen molar-refractivity contribution in [3.8, 4) is 5.75 Å². The Morgan fingerprint density at radius 2 is 2.00 bits per heavy atom. The average molecular weight is 211 g/mol. The first kappa shape index (κ1) is 11.5. The lowest BCUT2D eigenvalue weighted by Gasteiger charge is -2.19. The van der Waals surface area contributed by atoms with Crippen LogP contribution in [0.5, 0.6) is 5.75 Å². The minimum absolute atomic E-state index is 0.0127. The topological polar surface area (TPSA) is 40.5 Å². The number of carbonyl (C=O) groups excluding carboxylic acids is 1. The number of carbonyl (C=O) groups is 1. The molecule has 1 N–H and O–H groups in total.